The maximum atomic E-state index is 10.9. The Morgan fingerprint density at radius 1 is 1.06 bits per heavy atom. The lowest BCUT2D eigenvalue weighted by Crippen LogP contribution is -2.15. The van der Waals surface area contributed by atoms with Crippen LogP contribution in [-0.4, -0.2) is 25.4 Å². The minimum absolute atomic E-state index is 0.0275. The molecule has 0 radical (unpaired) electrons. The number of rotatable bonds is 9. The van der Waals surface area contributed by atoms with E-state index in [9.17, 15) is 4.21 Å². The van der Waals surface area contributed by atoms with Crippen LogP contribution in [0.4, 0.5) is 5.95 Å². The van der Waals surface area contributed by atoms with Gasteiger partial charge in [0.05, 0.1) is 12.8 Å². The second-order valence-electron chi connectivity index (χ2n) is 8.14. The van der Waals surface area contributed by atoms with Crippen molar-refractivity contribution in [2.45, 2.75) is 18.9 Å². The third-order valence-electron chi connectivity index (χ3n) is 5.83. The van der Waals surface area contributed by atoms with Crippen molar-refractivity contribution in [1.82, 2.24) is 14.3 Å². The van der Waals surface area contributed by atoms with Crippen LogP contribution in [0, 0.1) is 0 Å². The number of imidazole rings is 1. The summed E-state index contributed by atoms with van der Waals surface area (Å²) >= 11 is -2.04. The monoisotopic (exact) mass is 476 g/mol. The van der Waals surface area contributed by atoms with Gasteiger partial charge in [-0.1, -0.05) is 54.6 Å². The molecule has 2 atom stereocenters. The number of hydrogen-bond acceptors (Lipinski definition) is 4. The third-order valence-corrected chi connectivity index (χ3v) is 6.22. The van der Waals surface area contributed by atoms with Crippen molar-refractivity contribution in [2.75, 3.05) is 12.8 Å². The molecule has 3 aromatic carbocycles. The zero-order chi connectivity index (χ0) is 24.1. The molecule has 0 aliphatic carbocycles. The van der Waals surface area contributed by atoms with Crippen LogP contribution in [0.3, 0.4) is 0 Å². The largest absolute Gasteiger partial charge is 0.497 e. The SMILES string of the molecule is COc1ccc(C(Cc2cccc(-c3cccc(CNS(=O)O)c3)c2)c2cn(C)c(N)n2)cc1. The predicted octanol–water partition coefficient (Wildman–Crippen LogP) is 4.28. The molecule has 8 heteroatoms. The number of hydrogen-bond donors (Lipinski definition) is 3. The fourth-order valence-electron chi connectivity index (χ4n) is 4.02. The Morgan fingerprint density at radius 2 is 1.71 bits per heavy atom. The van der Waals surface area contributed by atoms with Crippen LogP contribution in [0.15, 0.2) is 79.0 Å². The summed E-state index contributed by atoms with van der Waals surface area (Å²) in [6.45, 7) is 0.317. The predicted molar refractivity (Wildman–Crippen MR) is 136 cm³/mol. The molecule has 0 amide bonds. The summed E-state index contributed by atoms with van der Waals surface area (Å²) in [6.07, 6.45) is 2.73. The fourth-order valence-corrected chi connectivity index (χ4v) is 4.31. The van der Waals surface area contributed by atoms with Gasteiger partial charge in [-0.2, -0.15) is 0 Å². The molecular formula is C26H28N4O3S. The van der Waals surface area contributed by atoms with Gasteiger partial charge in [-0.25, -0.2) is 13.9 Å². The number of ether oxygens (including phenoxy) is 1. The van der Waals surface area contributed by atoms with Gasteiger partial charge in [-0.15, -0.1) is 0 Å². The molecule has 1 aromatic heterocycles. The number of nitrogens with zero attached hydrogens (tertiary/aromatic N) is 2. The molecule has 0 bridgehead atoms. The maximum absolute atomic E-state index is 10.9. The zero-order valence-electron chi connectivity index (χ0n) is 19.1. The van der Waals surface area contributed by atoms with Crippen molar-refractivity contribution in [3.05, 3.63) is 101 Å². The molecule has 1 heterocycles. The quantitative estimate of drug-likeness (QED) is 0.313. The van der Waals surface area contributed by atoms with Crippen LogP contribution >= 0.6 is 0 Å². The summed E-state index contributed by atoms with van der Waals surface area (Å²) in [5.41, 5.74) is 12.3. The van der Waals surface area contributed by atoms with Gasteiger partial charge in [0.15, 0.2) is 5.95 Å². The molecule has 0 aliphatic rings. The van der Waals surface area contributed by atoms with Gasteiger partial charge in [0.25, 0.3) is 0 Å². The van der Waals surface area contributed by atoms with Crippen LogP contribution in [0.25, 0.3) is 11.1 Å². The van der Waals surface area contributed by atoms with Crippen molar-refractivity contribution in [3.8, 4) is 16.9 Å². The summed E-state index contributed by atoms with van der Waals surface area (Å²) in [4.78, 5) is 4.61. The number of methoxy groups -OCH3 is 1. The number of benzene rings is 3. The van der Waals surface area contributed by atoms with Crippen LogP contribution in [0.5, 0.6) is 5.75 Å². The molecule has 0 spiro atoms. The molecule has 0 aliphatic heterocycles. The van der Waals surface area contributed by atoms with Crippen molar-refractivity contribution in [2.24, 2.45) is 7.05 Å². The van der Waals surface area contributed by atoms with E-state index in [0.717, 1.165) is 40.1 Å². The first-order valence-corrected chi connectivity index (χ1v) is 12.0. The van der Waals surface area contributed by atoms with Gasteiger partial charge in [0, 0.05) is 25.7 Å². The zero-order valence-corrected chi connectivity index (χ0v) is 20.0. The lowest BCUT2D eigenvalue weighted by atomic mass is 9.88. The summed E-state index contributed by atoms with van der Waals surface area (Å²) < 4.78 is 29.6. The van der Waals surface area contributed by atoms with Crippen molar-refractivity contribution in [3.63, 3.8) is 0 Å². The number of nitrogens with one attached hydrogen (secondary N) is 1. The van der Waals surface area contributed by atoms with E-state index in [4.69, 9.17) is 15.0 Å². The minimum Gasteiger partial charge on any atom is -0.497 e. The average molecular weight is 477 g/mol. The van der Waals surface area contributed by atoms with E-state index in [2.05, 4.69) is 46.1 Å². The second kappa shape index (κ2) is 10.6. The number of nitrogens with two attached hydrogens (primary N) is 1. The highest BCUT2D eigenvalue weighted by Crippen LogP contribution is 2.31. The Kier molecular flexibility index (Phi) is 7.42. The first-order valence-electron chi connectivity index (χ1n) is 10.9. The highest BCUT2D eigenvalue weighted by atomic mass is 32.2. The summed E-state index contributed by atoms with van der Waals surface area (Å²) in [5, 5.41) is 0. The van der Waals surface area contributed by atoms with E-state index in [0.29, 0.717) is 12.5 Å². The van der Waals surface area contributed by atoms with Crippen molar-refractivity contribution < 1.29 is 13.5 Å². The molecule has 0 saturated carbocycles. The molecule has 4 N–H and O–H groups in total. The fraction of sp³-hybridized carbons (Fsp3) is 0.192. The minimum atomic E-state index is -2.04. The number of anilines is 1. The normalized spacial score (nSPS) is 12.9. The Bertz CT molecular complexity index is 1270. The third kappa shape index (κ3) is 5.72. The highest BCUT2D eigenvalue weighted by Gasteiger charge is 2.19. The van der Waals surface area contributed by atoms with E-state index in [1.165, 1.54) is 5.56 Å². The van der Waals surface area contributed by atoms with Gasteiger partial charge in [0.1, 0.15) is 5.75 Å². The van der Waals surface area contributed by atoms with Crippen LogP contribution < -0.4 is 15.2 Å². The standard InChI is InChI=1S/C26H28N4O3S/c1-30-17-25(29-26(30)27)24(20-9-11-23(33-2)12-10-20)15-18-5-3-7-21(13-18)22-8-4-6-19(14-22)16-28-34(31)32/h3-14,17,24,28H,15-16H2,1-2H3,(H2,27,29)(H,31,32). The highest BCUT2D eigenvalue weighted by molar-refractivity contribution is 7.77. The van der Waals surface area contributed by atoms with E-state index in [1.54, 1.807) is 7.11 Å². The van der Waals surface area contributed by atoms with Gasteiger partial charge in [-0.05, 0) is 52.4 Å². The van der Waals surface area contributed by atoms with Crippen LogP contribution in [0.1, 0.15) is 28.3 Å². The average Bonchev–Trinajstić information content (AvgIpc) is 3.19. The topological polar surface area (TPSA) is 102 Å². The summed E-state index contributed by atoms with van der Waals surface area (Å²) in [6, 6.07) is 24.4. The van der Waals surface area contributed by atoms with Crippen molar-refractivity contribution >= 4 is 17.2 Å². The number of aromatic nitrogens is 2. The molecule has 0 saturated heterocycles. The van der Waals surface area contributed by atoms with Gasteiger partial charge in [-0.3, -0.25) is 4.55 Å². The Balaban J connectivity index is 1.64. The van der Waals surface area contributed by atoms with Crippen LogP contribution in [-0.2, 0) is 31.3 Å². The molecular weight excluding hydrogens is 448 g/mol. The summed E-state index contributed by atoms with van der Waals surface area (Å²) in [5.74, 6) is 1.32. The molecule has 4 aromatic rings. The molecule has 34 heavy (non-hydrogen) atoms. The number of aryl methyl sites for hydroxylation is 1. The lowest BCUT2D eigenvalue weighted by molar-refractivity contribution is 0.414. The Morgan fingerprint density at radius 3 is 2.29 bits per heavy atom. The first kappa shape index (κ1) is 23.7. The molecule has 0 fully saturated rings. The molecule has 2 unspecified atom stereocenters. The molecule has 7 nitrogen and oxygen atoms in total. The first-order chi connectivity index (χ1) is 16.4. The second-order valence-corrected chi connectivity index (χ2v) is 8.92. The van der Waals surface area contributed by atoms with E-state index in [1.807, 2.05) is 54.2 Å². The smallest absolute Gasteiger partial charge is 0.232 e. The van der Waals surface area contributed by atoms with E-state index >= 15 is 0 Å². The van der Waals surface area contributed by atoms with Gasteiger partial charge < -0.3 is 15.0 Å². The van der Waals surface area contributed by atoms with E-state index in [-0.39, 0.29) is 5.92 Å². The number of nitrogen functional groups attached to an aromatic ring is 1. The van der Waals surface area contributed by atoms with E-state index < -0.39 is 11.3 Å². The van der Waals surface area contributed by atoms with Crippen molar-refractivity contribution in [1.29, 1.82) is 0 Å². The van der Waals surface area contributed by atoms with Gasteiger partial charge in [0.2, 0.25) is 11.3 Å². The maximum Gasteiger partial charge on any atom is 0.232 e. The van der Waals surface area contributed by atoms with Gasteiger partial charge >= 0.3 is 0 Å². The molecule has 4 rings (SSSR count). The summed E-state index contributed by atoms with van der Waals surface area (Å²) in [7, 11) is 3.55. The van der Waals surface area contributed by atoms with Crippen LogP contribution in [0.2, 0.25) is 0 Å². The Labute approximate surface area is 202 Å². The molecule has 176 valence electrons. The Hall–Kier alpha value is -3.46. The lowest BCUT2D eigenvalue weighted by Gasteiger charge is -2.17.